The number of carbonyl (C=O) groups is 1. The second-order valence-electron chi connectivity index (χ2n) is 7.44. The van der Waals surface area contributed by atoms with Crippen LogP contribution in [0.15, 0.2) is 60.9 Å². The van der Waals surface area contributed by atoms with Gasteiger partial charge >= 0.3 is 6.18 Å². The highest BCUT2D eigenvalue weighted by molar-refractivity contribution is 5.98. The molecule has 0 radical (unpaired) electrons. The lowest BCUT2D eigenvalue weighted by molar-refractivity contribution is -0.137. The third kappa shape index (κ3) is 4.66. The fourth-order valence-corrected chi connectivity index (χ4v) is 3.70. The Morgan fingerprint density at radius 2 is 1.78 bits per heavy atom. The standard InChI is InChI=1S/C23H21F3N4O2/c1-32-20-8-5-16(15-3-6-17(7-4-15)23(24,25)26)13-19(20)21(31)30-12-9-18(14-30)29-22-27-10-2-11-28-22/h2-8,10-11,13,18H,9,12,14H2,1H3,(H,27,28,29)/t18-/m1/s1. The van der Waals surface area contributed by atoms with E-state index in [0.717, 1.165) is 18.6 Å². The van der Waals surface area contributed by atoms with Crippen LogP contribution in [-0.2, 0) is 6.18 Å². The van der Waals surface area contributed by atoms with Gasteiger partial charge in [0.2, 0.25) is 5.95 Å². The van der Waals surface area contributed by atoms with Crippen LogP contribution in [0.4, 0.5) is 19.1 Å². The maximum Gasteiger partial charge on any atom is 0.416 e. The monoisotopic (exact) mass is 442 g/mol. The number of anilines is 1. The molecule has 32 heavy (non-hydrogen) atoms. The average Bonchev–Trinajstić information content (AvgIpc) is 3.27. The van der Waals surface area contributed by atoms with Crippen molar-refractivity contribution in [1.29, 1.82) is 0 Å². The number of ether oxygens (including phenoxy) is 1. The van der Waals surface area contributed by atoms with Gasteiger partial charge in [0.25, 0.3) is 5.91 Å². The van der Waals surface area contributed by atoms with E-state index >= 15 is 0 Å². The summed E-state index contributed by atoms with van der Waals surface area (Å²) in [5.74, 6) is 0.719. The average molecular weight is 442 g/mol. The lowest BCUT2D eigenvalue weighted by atomic mass is 10.0. The fourth-order valence-electron chi connectivity index (χ4n) is 3.70. The molecule has 9 heteroatoms. The highest BCUT2D eigenvalue weighted by Gasteiger charge is 2.31. The van der Waals surface area contributed by atoms with Crippen molar-refractivity contribution in [3.63, 3.8) is 0 Å². The molecule has 0 unspecified atom stereocenters. The minimum Gasteiger partial charge on any atom is -0.496 e. The number of carbonyl (C=O) groups excluding carboxylic acids is 1. The summed E-state index contributed by atoms with van der Waals surface area (Å²) in [5, 5.41) is 3.22. The van der Waals surface area contributed by atoms with E-state index in [9.17, 15) is 18.0 Å². The summed E-state index contributed by atoms with van der Waals surface area (Å²) in [4.78, 5) is 23.2. The molecule has 1 aliphatic rings. The first-order chi connectivity index (χ1) is 15.3. The van der Waals surface area contributed by atoms with Gasteiger partial charge in [0, 0.05) is 31.5 Å². The van der Waals surface area contributed by atoms with Gasteiger partial charge in [-0.05, 0) is 47.9 Å². The minimum atomic E-state index is -4.40. The van der Waals surface area contributed by atoms with Crippen molar-refractivity contribution in [3.05, 3.63) is 72.1 Å². The molecule has 166 valence electrons. The lowest BCUT2D eigenvalue weighted by Crippen LogP contribution is -2.32. The van der Waals surface area contributed by atoms with Gasteiger partial charge in [-0.1, -0.05) is 18.2 Å². The van der Waals surface area contributed by atoms with Crippen LogP contribution >= 0.6 is 0 Å². The second kappa shape index (κ2) is 8.86. The largest absolute Gasteiger partial charge is 0.496 e. The van der Waals surface area contributed by atoms with E-state index in [0.29, 0.717) is 41.5 Å². The second-order valence-corrected chi connectivity index (χ2v) is 7.44. The van der Waals surface area contributed by atoms with E-state index in [4.69, 9.17) is 4.74 Å². The van der Waals surface area contributed by atoms with Gasteiger partial charge in [-0.3, -0.25) is 4.79 Å². The Bertz CT molecular complexity index is 1090. The van der Waals surface area contributed by atoms with Gasteiger partial charge in [0.05, 0.1) is 18.2 Å². The Labute approximate surface area is 183 Å². The number of likely N-dealkylation sites (tertiary alicyclic amines) is 1. The summed E-state index contributed by atoms with van der Waals surface area (Å²) in [6, 6.07) is 11.6. The SMILES string of the molecule is COc1ccc(-c2ccc(C(F)(F)F)cc2)cc1C(=O)N1CC[C@@H](Nc2ncccn2)C1. The minimum absolute atomic E-state index is 0.0189. The van der Waals surface area contributed by atoms with Crippen molar-refractivity contribution in [2.75, 3.05) is 25.5 Å². The van der Waals surface area contributed by atoms with Crippen LogP contribution in [-0.4, -0.2) is 47.0 Å². The Balaban J connectivity index is 1.53. The van der Waals surface area contributed by atoms with E-state index in [1.54, 1.807) is 41.6 Å². The molecule has 2 heterocycles. The number of rotatable bonds is 5. The number of hydrogen-bond acceptors (Lipinski definition) is 5. The maximum atomic E-state index is 13.2. The molecule has 1 atom stereocenters. The molecule has 0 spiro atoms. The van der Waals surface area contributed by atoms with Crippen LogP contribution in [0.1, 0.15) is 22.3 Å². The third-order valence-corrected chi connectivity index (χ3v) is 5.35. The molecule has 1 fully saturated rings. The molecule has 2 aromatic carbocycles. The molecule has 1 saturated heterocycles. The first-order valence-electron chi connectivity index (χ1n) is 10.0. The number of halogens is 3. The van der Waals surface area contributed by atoms with Gasteiger partial charge in [-0.25, -0.2) is 9.97 Å². The number of amides is 1. The van der Waals surface area contributed by atoms with Gasteiger partial charge in [-0.2, -0.15) is 13.2 Å². The molecule has 1 N–H and O–H groups in total. The molecule has 0 saturated carbocycles. The maximum absolute atomic E-state index is 13.2. The molecule has 3 aromatic rings. The summed E-state index contributed by atoms with van der Waals surface area (Å²) >= 11 is 0. The summed E-state index contributed by atoms with van der Waals surface area (Å²) in [5.41, 5.74) is 0.858. The number of nitrogens with one attached hydrogen (secondary N) is 1. The third-order valence-electron chi connectivity index (χ3n) is 5.35. The lowest BCUT2D eigenvalue weighted by Gasteiger charge is -2.19. The van der Waals surface area contributed by atoms with Crippen molar-refractivity contribution < 1.29 is 22.7 Å². The van der Waals surface area contributed by atoms with Gasteiger partial charge in [0.15, 0.2) is 0 Å². The van der Waals surface area contributed by atoms with Gasteiger partial charge in [0.1, 0.15) is 5.75 Å². The Morgan fingerprint density at radius 1 is 1.09 bits per heavy atom. The normalized spacial score (nSPS) is 16.1. The summed E-state index contributed by atoms with van der Waals surface area (Å²) in [6.45, 7) is 1.03. The Kier molecular flexibility index (Phi) is 5.98. The van der Waals surface area contributed by atoms with Crippen LogP contribution in [0, 0.1) is 0 Å². The zero-order valence-electron chi connectivity index (χ0n) is 17.3. The van der Waals surface area contributed by atoms with Crippen LogP contribution in [0.5, 0.6) is 5.75 Å². The number of nitrogens with zero attached hydrogens (tertiary/aromatic N) is 3. The molecule has 4 rings (SSSR count). The first kappa shape index (κ1) is 21.6. The van der Waals surface area contributed by atoms with Crippen molar-refractivity contribution >= 4 is 11.9 Å². The summed E-state index contributed by atoms with van der Waals surface area (Å²) < 4.78 is 43.9. The number of methoxy groups -OCH3 is 1. The van der Waals surface area contributed by atoms with Crippen LogP contribution < -0.4 is 10.1 Å². The smallest absolute Gasteiger partial charge is 0.416 e. The number of alkyl halides is 3. The molecule has 1 aliphatic heterocycles. The molecule has 1 aromatic heterocycles. The van der Waals surface area contributed by atoms with E-state index in [2.05, 4.69) is 15.3 Å². The zero-order valence-corrected chi connectivity index (χ0v) is 17.3. The van der Waals surface area contributed by atoms with Crippen molar-refractivity contribution in [1.82, 2.24) is 14.9 Å². The molecular weight excluding hydrogens is 421 g/mol. The van der Waals surface area contributed by atoms with E-state index in [1.165, 1.54) is 19.2 Å². The molecule has 6 nitrogen and oxygen atoms in total. The van der Waals surface area contributed by atoms with E-state index in [-0.39, 0.29) is 11.9 Å². The quantitative estimate of drug-likeness (QED) is 0.630. The van der Waals surface area contributed by atoms with Crippen LogP contribution in [0.3, 0.4) is 0 Å². The highest BCUT2D eigenvalue weighted by Crippen LogP contribution is 2.33. The number of aromatic nitrogens is 2. The van der Waals surface area contributed by atoms with Crippen LogP contribution in [0.2, 0.25) is 0 Å². The highest BCUT2D eigenvalue weighted by atomic mass is 19.4. The molecule has 0 bridgehead atoms. The Hall–Kier alpha value is -3.62. The van der Waals surface area contributed by atoms with E-state index in [1.807, 2.05) is 0 Å². The first-order valence-corrected chi connectivity index (χ1v) is 10.0. The predicted octanol–water partition coefficient (Wildman–Crippen LogP) is 4.50. The number of benzene rings is 2. The van der Waals surface area contributed by atoms with Gasteiger partial charge in [-0.15, -0.1) is 0 Å². The Morgan fingerprint density at radius 3 is 2.44 bits per heavy atom. The molecule has 0 aliphatic carbocycles. The fraction of sp³-hybridized carbons (Fsp3) is 0.261. The topological polar surface area (TPSA) is 67.3 Å². The van der Waals surface area contributed by atoms with Crippen molar-refractivity contribution in [2.45, 2.75) is 18.6 Å². The number of hydrogen-bond donors (Lipinski definition) is 1. The molecule has 1 amide bonds. The van der Waals surface area contributed by atoms with Crippen molar-refractivity contribution in [3.8, 4) is 16.9 Å². The van der Waals surface area contributed by atoms with Crippen molar-refractivity contribution in [2.24, 2.45) is 0 Å². The van der Waals surface area contributed by atoms with E-state index < -0.39 is 11.7 Å². The zero-order chi connectivity index (χ0) is 22.7. The van der Waals surface area contributed by atoms with Crippen LogP contribution in [0.25, 0.3) is 11.1 Å². The molecular formula is C23H21F3N4O2. The summed E-state index contributed by atoms with van der Waals surface area (Å²) in [6.07, 6.45) is -0.370. The summed E-state index contributed by atoms with van der Waals surface area (Å²) in [7, 11) is 1.48. The predicted molar refractivity (Wildman–Crippen MR) is 113 cm³/mol. The van der Waals surface area contributed by atoms with Gasteiger partial charge < -0.3 is 15.0 Å².